The highest BCUT2D eigenvalue weighted by Gasteiger charge is 2.13. The number of nitrogens with zero attached hydrogens (tertiary/aromatic N) is 1. The van der Waals surface area contributed by atoms with Crippen molar-refractivity contribution in [1.29, 1.82) is 0 Å². The van der Waals surface area contributed by atoms with Crippen LogP contribution in [0.4, 0.5) is 0 Å². The van der Waals surface area contributed by atoms with Crippen molar-refractivity contribution in [2.24, 2.45) is 0 Å². The van der Waals surface area contributed by atoms with Gasteiger partial charge >= 0.3 is 0 Å². The molecular formula is C14H16BrClN2O. The van der Waals surface area contributed by atoms with Crippen molar-refractivity contribution < 1.29 is 4.42 Å². The van der Waals surface area contributed by atoms with Crippen molar-refractivity contribution in [2.45, 2.75) is 26.3 Å². The summed E-state index contributed by atoms with van der Waals surface area (Å²) in [6.45, 7) is 5.13. The molecule has 1 heterocycles. The second kappa shape index (κ2) is 6.55. The summed E-state index contributed by atoms with van der Waals surface area (Å²) in [5.41, 5.74) is 0.956. The van der Waals surface area contributed by atoms with Crippen LogP contribution >= 0.6 is 27.5 Å². The Morgan fingerprint density at radius 1 is 1.47 bits per heavy atom. The van der Waals surface area contributed by atoms with Crippen LogP contribution < -0.4 is 5.32 Å². The number of aromatic nitrogens is 1. The van der Waals surface area contributed by atoms with Gasteiger partial charge in [-0.25, -0.2) is 4.98 Å². The molecule has 0 radical (unpaired) electrons. The molecule has 1 unspecified atom stereocenters. The van der Waals surface area contributed by atoms with E-state index in [-0.39, 0.29) is 6.04 Å². The molecule has 0 bridgehead atoms. The third kappa shape index (κ3) is 3.59. The largest absolute Gasteiger partial charge is 0.439 e. The molecule has 3 nitrogen and oxygen atoms in total. The molecule has 0 aliphatic heterocycles. The van der Waals surface area contributed by atoms with Gasteiger partial charge in [0.2, 0.25) is 5.89 Å². The Kier molecular flexibility index (Phi) is 5.02. The van der Waals surface area contributed by atoms with Gasteiger partial charge in [0.1, 0.15) is 0 Å². The molecule has 5 heteroatoms. The second-order valence-electron chi connectivity index (χ2n) is 4.37. The fourth-order valence-electron chi connectivity index (χ4n) is 1.72. The minimum Gasteiger partial charge on any atom is -0.439 e. The van der Waals surface area contributed by atoms with E-state index < -0.39 is 0 Å². The van der Waals surface area contributed by atoms with Crippen molar-refractivity contribution in [1.82, 2.24) is 10.3 Å². The van der Waals surface area contributed by atoms with E-state index in [1.54, 1.807) is 6.20 Å². The molecular weight excluding hydrogens is 328 g/mol. The number of nitrogens with one attached hydrogen (secondary N) is 1. The van der Waals surface area contributed by atoms with Crippen LogP contribution in [0.3, 0.4) is 0 Å². The Morgan fingerprint density at radius 2 is 2.26 bits per heavy atom. The fourth-order valence-corrected chi connectivity index (χ4v) is 2.22. The molecule has 1 N–H and O–H groups in total. The fraction of sp³-hybridized carbons (Fsp3) is 0.357. The van der Waals surface area contributed by atoms with Gasteiger partial charge in [-0.2, -0.15) is 0 Å². The van der Waals surface area contributed by atoms with E-state index in [2.05, 4.69) is 33.2 Å². The zero-order valence-electron chi connectivity index (χ0n) is 10.9. The summed E-state index contributed by atoms with van der Waals surface area (Å²) < 4.78 is 6.63. The Morgan fingerprint density at radius 3 is 2.95 bits per heavy atom. The number of halogens is 2. The lowest BCUT2D eigenvalue weighted by Gasteiger charge is -2.08. The standard InChI is InChI=1S/C14H16BrClN2O/c1-3-6-17-9(2)14-18-8-13(19-14)10-4-5-12(16)11(15)7-10/h4-5,7-9,17H,3,6H2,1-2H3. The van der Waals surface area contributed by atoms with Crippen molar-refractivity contribution in [3.63, 3.8) is 0 Å². The minimum atomic E-state index is 0.115. The van der Waals surface area contributed by atoms with E-state index in [1.807, 2.05) is 25.1 Å². The van der Waals surface area contributed by atoms with E-state index in [1.165, 1.54) is 0 Å². The topological polar surface area (TPSA) is 38.1 Å². The first-order valence-corrected chi connectivity index (χ1v) is 7.43. The number of hydrogen-bond acceptors (Lipinski definition) is 3. The maximum Gasteiger partial charge on any atom is 0.211 e. The van der Waals surface area contributed by atoms with E-state index in [9.17, 15) is 0 Å². The molecule has 0 saturated heterocycles. The lowest BCUT2D eigenvalue weighted by molar-refractivity contribution is 0.423. The summed E-state index contributed by atoms with van der Waals surface area (Å²) >= 11 is 9.38. The molecule has 0 spiro atoms. The predicted molar refractivity (Wildman–Crippen MR) is 81.4 cm³/mol. The third-order valence-corrected chi connectivity index (χ3v) is 4.01. The zero-order chi connectivity index (χ0) is 13.8. The van der Waals surface area contributed by atoms with Crippen LogP contribution in [0.2, 0.25) is 5.02 Å². The quantitative estimate of drug-likeness (QED) is 0.846. The molecule has 1 aromatic carbocycles. The average Bonchev–Trinajstić information content (AvgIpc) is 2.89. The van der Waals surface area contributed by atoms with Gasteiger partial charge in [-0.3, -0.25) is 0 Å². The van der Waals surface area contributed by atoms with Crippen molar-refractivity contribution in [3.05, 3.63) is 39.8 Å². The molecule has 1 aromatic heterocycles. The monoisotopic (exact) mass is 342 g/mol. The molecule has 2 rings (SSSR count). The van der Waals surface area contributed by atoms with Gasteiger partial charge in [0, 0.05) is 10.0 Å². The molecule has 2 aromatic rings. The van der Waals surface area contributed by atoms with E-state index in [0.717, 1.165) is 28.8 Å². The molecule has 1 atom stereocenters. The number of benzene rings is 1. The van der Waals surface area contributed by atoms with Crippen LogP contribution in [-0.2, 0) is 0 Å². The minimum absolute atomic E-state index is 0.115. The van der Waals surface area contributed by atoms with Crippen LogP contribution in [0, 0.1) is 0 Å². The van der Waals surface area contributed by atoms with Crippen LogP contribution in [0.5, 0.6) is 0 Å². The molecule has 0 amide bonds. The summed E-state index contributed by atoms with van der Waals surface area (Å²) in [7, 11) is 0. The highest BCUT2D eigenvalue weighted by Crippen LogP contribution is 2.29. The Bertz CT molecular complexity index is 556. The molecule has 0 aliphatic carbocycles. The average molecular weight is 344 g/mol. The summed E-state index contributed by atoms with van der Waals surface area (Å²) in [5, 5.41) is 4.03. The maximum atomic E-state index is 5.98. The number of rotatable bonds is 5. The van der Waals surface area contributed by atoms with Gasteiger partial charge < -0.3 is 9.73 Å². The summed E-state index contributed by atoms with van der Waals surface area (Å²) in [5.74, 6) is 1.45. The molecule has 0 aliphatic rings. The van der Waals surface area contributed by atoms with Crippen molar-refractivity contribution in [2.75, 3.05) is 6.54 Å². The zero-order valence-corrected chi connectivity index (χ0v) is 13.3. The van der Waals surface area contributed by atoms with Gasteiger partial charge in [-0.05, 0) is 54.0 Å². The Hall–Kier alpha value is -0.840. The maximum absolute atomic E-state index is 5.98. The highest BCUT2D eigenvalue weighted by molar-refractivity contribution is 9.10. The first-order chi connectivity index (χ1) is 9.11. The third-order valence-electron chi connectivity index (χ3n) is 2.80. The van der Waals surface area contributed by atoms with Crippen LogP contribution in [0.1, 0.15) is 32.2 Å². The summed E-state index contributed by atoms with van der Waals surface area (Å²) in [4.78, 5) is 4.32. The lowest BCUT2D eigenvalue weighted by atomic mass is 10.2. The summed E-state index contributed by atoms with van der Waals surface area (Å²) in [6, 6.07) is 5.80. The molecule has 102 valence electrons. The predicted octanol–water partition coefficient (Wildman–Crippen LogP) is 4.82. The smallest absolute Gasteiger partial charge is 0.211 e. The molecule has 0 saturated carbocycles. The van der Waals surface area contributed by atoms with Gasteiger partial charge in [0.25, 0.3) is 0 Å². The van der Waals surface area contributed by atoms with Gasteiger partial charge in [-0.1, -0.05) is 18.5 Å². The Labute approximate surface area is 126 Å². The lowest BCUT2D eigenvalue weighted by Crippen LogP contribution is -2.19. The summed E-state index contributed by atoms with van der Waals surface area (Å²) in [6.07, 6.45) is 2.83. The first kappa shape index (κ1) is 14.6. The van der Waals surface area contributed by atoms with E-state index in [0.29, 0.717) is 10.9 Å². The van der Waals surface area contributed by atoms with Crippen LogP contribution in [0.15, 0.2) is 33.3 Å². The number of oxazole rings is 1. The Balaban J connectivity index is 2.18. The van der Waals surface area contributed by atoms with Crippen LogP contribution in [-0.4, -0.2) is 11.5 Å². The SMILES string of the molecule is CCCNC(C)c1ncc(-c2ccc(Cl)c(Br)c2)o1. The first-order valence-electron chi connectivity index (χ1n) is 6.26. The number of hydrogen-bond donors (Lipinski definition) is 1. The van der Waals surface area contributed by atoms with Crippen LogP contribution in [0.25, 0.3) is 11.3 Å². The molecule has 0 fully saturated rings. The van der Waals surface area contributed by atoms with E-state index >= 15 is 0 Å². The van der Waals surface area contributed by atoms with Gasteiger partial charge in [0.05, 0.1) is 17.3 Å². The van der Waals surface area contributed by atoms with Crippen molar-refractivity contribution in [3.8, 4) is 11.3 Å². The van der Waals surface area contributed by atoms with E-state index in [4.69, 9.17) is 16.0 Å². The highest BCUT2D eigenvalue weighted by atomic mass is 79.9. The van der Waals surface area contributed by atoms with Crippen molar-refractivity contribution >= 4 is 27.5 Å². The van der Waals surface area contributed by atoms with Gasteiger partial charge in [-0.15, -0.1) is 0 Å². The van der Waals surface area contributed by atoms with Gasteiger partial charge in [0.15, 0.2) is 5.76 Å². The molecule has 19 heavy (non-hydrogen) atoms. The second-order valence-corrected chi connectivity index (χ2v) is 5.63. The normalized spacial score (nSPS) is 12.6.